The summed E-state index contributed by atoms with van der Waals surface area (Å²) in [5.41, 5.74) is 2.69. The molecule has 3 amide bonds. The van der Waals surface area contributed by atoms with Crippen LogP contribution in [0.15, 0.2) is 46.6 Å². The van der Waals surface area contributed by atoms with Crippen LogP contribution >= 0.6 is 15.9 Å². The molecule has 0 spiro atoms. The van der Waals surface area contributed by atoms with E-state index in [-0.39, 0.29) is 5.70 Å². The van der Waals surface area contributed by atoms with E-state index in [2.05, 4.69) is 21.2 Å². The number of halogens is 1. The predicted octanol–water partition coefficient (Wildman–Crippen LogP) is 3.32. The van der Waals surface area contributed by atoms with Gasteiger partial charge in [0.15, 0.2) is 11.5 Å². The van der Waals surface area contributed by atoms with E-state index in [9.17, 15) is 14.4 Å². The summed E-state index contributed by atoms with van der Waals surface area (Å²) in [7, 11) is 1.49. The summed E-state index contributed by atoms with van der Waals surface area (Å²) < 4.78 is 11.9. The number of nitrogens with zero attached hydrogens (tertiary/aromatic N) is 1. The molecule has 0 aromatic heterocycles. The van der Waals surface area contributed by atoms with Crippen molar-refractivity contribution in [2.24, 2.45) is 0 Å². The lowest BCUT2D eigenvalue weighted by molar-refractivity contribution is -0.140. The van der Waals surface area contributed by atoms with Gasteiger partial charge in [0.2, 0.25) is 0 Å². The lowest BCUT2D eigenvalue weighted by Crippen LogP contribution is -2.35. The second kappa shape index (κ2) is 9.00. The fraction of sp³-hybridized carbons (Fsp3) is 0.190. The first-order chi connectivity index (χ1) is 14.3. The van der Waals surface area contributed by atoms with Crippen LogP contribution in [0.5, 0.6) is 11.5 Å². The molecule has 0 atom stereocenters. The molecule has 30 heavy (non-hydrogen) atoms. The minimum absolute atomic E-state index is 0.0245. The molecule has 2 N–H and O–H groups in total. The van der Waals surface area contributed by atoms with Gasteiger partial charge < -0.3 is 19.9 Å². The van der Waals surface area contributed by atoms with Gasteiger partial charge in [0.25, 0.3) is 5.91 Å². The van der Waals surface area contributed by atoms with Crippen LogP contribution in [0.4, 0.5) is 4.79 Å². The van der Waals surface area contributed by atoms with Crippen LogP contribution in [-0.2, 0) is 16.2 Å². The average molecular weight is 475 g/mol. The number of imide groups is 1. The van der Waals surface area contributed by atoms with Crippen LogP contribution in [0.1, 0.15) is 16.7 Å². The lowest BCUT2D eigenvalue weighted by Gasteiger charge is -2.14. The van der Waals surface area contributed by atoms with Crippen molar-refractivity contribution in [2.45, 2.75) is 13.5 Å². The number of rotatable bonds is 7. The van der Waals surface area contributed by atoms with Gasteiger partial charge in [-0.25, -0.2) is 9.69 Å². The molecule has 3 rings (SSSR count). The molecular formula is C21H19BrN2O6. The van der Waals surface area contributed by atoms with Crippen LogP contribution in [0, 0.1) is 6.92 Å². The number of carbonyl (C=O) groups excluding carboxylic acids is 2. The Morgan fingerprint density at radius 1 is 1.23 bits per heavy atom. The van der Waals surface area contributed by atoms with E-state index >= 15 is 0 Å². The molecule has 2 aromatic carbocycles. The van der Waals surface area contributed by atoms with Gasteiger partial charge in [0.05, 0.1) is 11.6 Å². The third-order valence-corrected chi connectivity index (χ3v) is 4.91. The number of benzene rings is 2. The zero-order chi connectivity index (χ0) is 21.8. The molecule has 1 saturated heterocycles. The first-order valence-electron chi connectivity index (χ1n) is 8.90. The Bertz CT molecular complexity index is 1030. The van der Waals surface area contributed by atoms with Crippen LogP contribution < -0.4 is 14.8 Å². The van der Waals surface area contributed by atoms with Gasteiger partial charge in [-0.2, -0.15) is 0 Å². The monoisotopic (exact) mass is 474 g/mol. The topological polar surface area (TPSA) is 105 Å². The molecule has 0 bridgehead atoms. The quantitative estimate of drug-likeness (QED) is 0.470. The van der Waals surface area contributed by atoms with Gasteiger partial charge in [0, 0.05) is 0 Å². The highest BCUT2D eigenvalue weighted by Gasteiger charge is 2.34. The van der Waals surface area contributed by atoms with E-state index in [1.54, 1.807) is 12.1 Å². The van der Waals surface area contributed by atoms with Crippen molar-refractivity contribution < 1.29 is 29.0 Å². The molecule has 0 saturated carbocycles. The maximum atomic E-state index is 12.3. The molecule has 1 heterocycles. The molecule has 0 aliphatic carbocycles. The fourth-order valence-corrected chi connectivity index (χ4v) is 3.39. The highest BCUT2D eigenvalue weighted by atomic mass is 79.9. The Morgan fingerprint density at radius 2 is 1.93 bits per heavy atom. The molecule has 1 aliphatic heterocycles. The van der Waals surface area contributed by atoms with Crippen LogP contribution in [0.3, 0.4) is 0 Å². The van der Waals surface area contributed by atoms with Crippen molar-refractivity contribution >= 4 is 39.9 Å². The normalized spacial score (nSPS) is 14.8. The summed E-state index contributed by atoms with van der Waals surface area (Å²) in [5.74, 6) is -1.06. The first-order valence-corrected chi connectivity index (χ1v) is 9.70. The number of carbonyl (C=O) groups is 3. The number of hydrogen-bond donors (Lipinski definition) is 2. The number of nitrogens with one attached hydrogen (secondary N) is 1. The van der Waals surface area contributed by atoms with Crippen LogP contribution in [0.25, 0.3) is 6.08 Å². The number of carboxylic acids is 1. The van der Waals surface area contributed by atoms with Crippen molar-refractivity contribution in [3.05, 3.63) is 63.3 Å². The highest BCUT2D eigenvalue weighted by Crippen LogP contribution is 2.38. The minimum atomic E-state index is -1.28. The summed E-state index contributed by atoms with van der Waals surface area (Å²) in [6.45, 7) is 1.64. The van der Waals surface area contributed by atoms with Crippen LogP contribution in [-0.4, -0.2) is 41.6 Å². The predicted molar refractivity (Wildman–Crippen MR) is 112 cm³/mol. The zero-order valence-corrected chi connectivity index (χ0v) is 17.9. The maximum Gasteiger partial charge on any atom is 0.329 e. The molecule has 1 aliphatic rings. The van der Waals surface area contributed by atoms with Crippen molar-refractivity contribution in [3.8, 4) is 11.5 Å². The van der Waals surface area contributed by atoms with E-state index < -0.39 is 24.5 Å². The Balaban J connectivity index is 1.82. The fourth-order valence-electron chi connectivity index (χ4n) is 2.82. The van der Waals surface area contributed by atoms with E-state index in [0.29, 0.717) is 33.0 Å². The minimum Gasteiger partial charge on any atom is -0.493 e. The van der Waals surface area contributed by atoms with Gasteiger partial charge in [-0.15, -0.1) is 0 Å². The number of amides is 3. The van der Waals surface area contributed by atoms with Crippen molar-refractivity contribution in [3.63, 3.8) is 0 Å². The Labute approximate surface area is 181 Å². The molecule has 0 unspecified atom stereocenters. The second-order valence-electron chi connectivity index (χ2n) is 6.58. The summed E-state index contributed by atoms with van der Waals surface area (Å²) >= 11 is 3.45. The largest absolute Gasteiger partial charge is 0.493 e. The summed E-state index contributed by atoms with van der Waals surface area (Å²) in [6.07, 6.45) is 1.44. The molecule has 0 radical (unpaired) electrons. The molecular weight excluding hydrogens is 456 g/mol. The third-order valence-electron chi connectivity index (χ3n) is 4.32. The van der Waals surface area contributed by atoms with E-state index in [0.717, 1.165) is 11.1 Å². The van der Waals surface area contributed by atoms with Gasteiger partial charge in [0.1, 0.15) is 18.8 Å². The Hall–Kier alpha value is -3.33. The lowest BCUT2D eigenvalue weighted by atomic mass is 10.1. The Morgan fingerprint density at radius 3 is 2.57 bits per heavy atom. The van der Waals surface area contributed by atoms with E-state index in [4.69, 9.17) is 14.6 Å². The highest BCUT2D eigenvalue weighted by molar-refractivity contribution is 9.10. The number of aliphatic carboxylic acids is 1. The number of ether oxygens (including phenoxy) is 2. The molecule has 8 nitrogen and oxygen atoms in total. The summed E-state index contributed by atoms with van der Waals surface area (Å²) in [4.78, 5) is 35.6. The van der Waals surface area contributed by atoms with Crippen molar-refractivity contribution in [1.82, 2.24) is 10.2 Å². The van der Waals surface area contributed by atoms with Crippen molar-refractivity contribution in [2.75, 3.05) is 13.7 Å². The van der Waals surface area contributed by atoms with Gasteiger partial charge in [-0.1, -0.05) is 29.8 Å². The average Bonchev–Trinajstić information content (AvgIpc) is 2.95. The standard InChI is InChI=1S/C21H19BrN2O6/c1-12-3-5-13(6-4-12)11-30-19-15(22)7-14(9-17(19)29-2)8-16-20(27)24(10-18(25)26)21(28)23-16/h3-9H,10-11H2,1-2H3,(H,23,28)(H,25,26)/b16-8+. The second-order valence-corrected chi connectivity index (χ2v) is 7.44. The van der Waals surface area contributed by atoms with Gasteiger partial charge >= 0.3 is 12.0 Å². The first kappa shape index (κ1) is 21.4. The van der Waals surface area contributed by atoms with Crippen LogP contribution in [0.2, 0.25) is 0 Å². The molecule has 1 fully saturated rings. The summed E-state index contributed by atoms with van der Waals surface area (Å²) in [6, 6.07) is 10.5. The Kier molecular flexibility index (Phi) is 6.41. The van der Waals surface area contributed by atoms with Gasteiger partial charge in [-0.05, 0) is 52.2 Å². The SMILES string of the molecule is COc1cc(/C=C2/NC(=O)N(CC(=O)O)C2=O)cc(Br)c1OCc1ccc(C)cc1. The smallest absolute Gasteiger partial charge is 0.329 e. The molecule has 156 valence electrons. The number of aryl methyl sites for hydroxylation is 1. The number of urea groups is 1. The number of hydrogen-bond acceptors (Lipinski definition) is 5. The van der Waals surface area contributed by atoms with Gasteiger partial charge in [-0.3, -0.25) is 9.59 Å². The summed E-state index contributed by atoms with van der Waals surface area (Å²) in [5, 5.41) is 11.2. The number of methoxy groups -OCH3 is 1. The molecule has 2 aromatic rings. The zero-order valence-electron chi connectivity index (χ0n) is 16.3. The molecule has 9 heteroatoms. The van der Waals surface area contributed by atoms with Crippen molar-refractivity contribution in [1.29, 1.82) is 0 Å². The maximum absolute atomic E-state index is 12.3. The van der Waals surface area contributed by atoms with E-state index in [1.165, 1.54) is 13.2 Å². The number of carboxylic acid groups (broad SMARTS) is 1. The third kappa shape index (κ3) is 4.80. The van der Waals surface area contributed by atoms with E-state index in [1.807, 2.05) is 31.2 Å².